The first-order valence-electron chi connectivity index (χ1n) is 5.24. The standard InChI is InChI=1S/C10H12O2/c1-4-3-2-6-10(11-6)7(3)5(1)9-8(4)12-9/h3-10H,1-2H2/t3-,4-,5+,6-,7+,8-,9+,10+/m1/s1. The minimum Gasteiger partial charge on any atom is -0.369 e. The molecule has 5 fully saturated rings. The summed E-state index contributed by atoms with van der Waals surface area (Å²) in [5.74, 6) is 3.77. The third-order valence-electron chi connectivity index (χ3n) is 4.99. The maximum atomic E-state index is 5.69. The average molecular weight is 164 g/mol. The molecule has 8 atom stereocenters. The second-order valence-corrected chi connectivity index (χ2v) is 5.24. The molecule has 3 saturated carbocycles. The maximum absolute atomic E-state index is 5.69. The molecule has 0 radical (unpaired) electrons. The van der Waals surface area contributed by atoms with Gasteiger partial charge >= 0.3 is 0 Å². The van der Waals surface area contributed by atoms with Crippen LogP contribution in [0.1, 0.15) is 12.8 Å². The van der Waals surface area contributed by atoms with Gasteiger partial charge in [-0.2, -0.15) is 0 Å². The number of hydrogen-bond donors (Lipinski definition) is 0. The summed E-state index contributed by atoms with van der Waals surface area (Å²) in [4.78, 5) is 0. The predicted molar refractivity (Wildman–Crippen MR) is 40.5 cm³/mol. The number of hydrogen-bond acceptors (Lipinski definition) is 2. The Bertz CT molecular complexity index is 273. The summed E-state index contributed by atoms with van der Waals surface area (Å²) in [6.07, 6.45) is 5.58. The number of fused-ring (bicyclic) bond motifs is 10. The van der Waals surface area contributed by atoms with Gasteiger partial charge in [0.25, 0.3) is 0 Å². The topological polar surface area (TPSA) is 25.1 Å². The summed E-state index contributed by atoms with van der Waals surface area (Å²) in [5.41, 5.74) is 0. The third-order valence-corrected chi connectivity index (χ3v) is 4.99. The van der Waals surface area contributed by atoms with Gasteiger partial charge in [-0.1, -0.05) is 0 Å². The lowest BCUT2D eigenvalue weighted by atomic mass is 9.81. The van der Waals surface area contributed by atoms with Crippen LogP contribution in [0.4, 0.5) is 0 Å². The molecule has 12 heavy (non-hydrogen) atoms. The van der Waals surface area contributed by atoms with E-state index in [-0.39, 0.29) is 0 Å². The highest BCUT2D eigenvalue weighted by atomic mass is 16.6. The summed E-state index contributed by atoms with van der Waals surface area (Å²) in [5, 5.41) is 0. The molecule has 0 unspecified atom stereocenters. The Hall–Kier alpha value is -0.0800. The second kappa shape index (κ2) is 1.38. The Morgan fingerprint density at radius 3 is 2.67 bits per heavy atom. The van der Waals surface area contributed by atoms with Gasteiger partial charge in [0.2, 0.25) is 0 Å². The molecule has 3 aliphatic carbocycles. The van der Waals surface area contributed by atoms with Crippen LogP contribution in [0.2, 0.25) is 0 Å². The van der Waals surface area contributed by atoms with Crippen molar-refractivity contribution in [1.82, 2.24) is 0 Å². The van der Waals surface area contributed by atoms with E-state index in [0.717, 1.165) is 23.7 Å². The highest BCUT2D eigenvalue weighted by molar-refractivity contribution is 5.21. The Labute approximate surface area is 71.2 Å². The van der Waals surface area contributed by atoms with Crippen molar-refractivity contribution in [2.45, 2.75) is 37.3 Å². The Morgan fingerprint density at radius 2 is 1.67 bits per heavy atom. The molecule has 64 valence electrons. The van der Waals surface area contributed by atoms with E-state index in [9.17, 15) is 0 Å². The third kappa shape index (κ3) is 0.409. The lowest BCUT2D eigenvalue weighted by Crippen LogP contribution is -2.27. The fourth-order valence-electron chi connectivity index (χ4n) is 4.58. The van der Waals surface area contributed by atoms with Gasteiger partial charge < -0.3 is 9.47 Å². The van der Waals surface area contributed by atoms with Crippen molar-refractivity contribution in [3.63, 3.8) is 0 Å². The molecule has 0 spiro atoms. The summed E-state index contributed by atoms with van der Waals surface area (Å²) in [7, 11) is 0. The summed E-state index contributed by atoms with van der Waals surface area (Å²) >= 11 is 0. The lowest BCUT2D eigenvalue weighted by molar-refractivity contribution is 0.162. The van der Waals surface area contributed by atoms with Crippen molar-refractivity contribution in [2.24, 2.45) is 23.7 Å². The van der Waals surface area contributed by atoms with E-state index >= 15 is 0 Å². The van der Waals surface area contributed by atoms with Crippen LogP contribution < -0.4 is 0 Å². The summed E-state index contributed by atoms with van der Waals surface area (Å²) in [6.45, 7) is 0. The first-order valence-corrected chi connectivity index (χ1v) is 5.24. The first kappa shape index (κ1) is 5.61. The van der Waals surface area contributed by atoms with Crippen LogP contribution in [0.3, 0.4) is 0 Å². The number of ether oxygens (including phenoxy) is 2. The molecule has 5 rings (SSSR count). The van der Waals surface area contributed by atoms with Crippen molar-refractivity contribution < 1.29 is 9.47 Å². The smallest absolute Gasteiger partial charge is 0.0876 e. The molecular weight excluding hydrogens is 152 g/mol. The van der Waals surface area contributed by atoms with Crippen LogP contribution in [-0.2, 0) is 9.47 Å². The van der Waals surface area contributed by atoms with Gasteiger partial charge in [-0.05, 0) is 36.5 Å². The zero-order valence-corrected chi connectivity index (χ0v) is 6.85. The fraction of sp³-hybridized carbons (Fsp3) is 1.00. The van der Waals surface area contributed by atoms with E-state index < -0.39 is 0 Å². The molecule has 2 nitrogen and oxygen atoms in total. The monoisotopic (exact) mass is 164 g/mol. The number of epoxide rings is 2. The fourth-order valence-corrected chi connectivity index (χ4v) is 4.58. The van der Waals surface area contributed by atoms with Crippen molar-refractivity contribution in [3.05, 3.63) is 0 Å². The van der Waals surface area contributed by atoms with E-state index in [1.807, 2.05) is 0 Å². The van der Waals surface area contributed by atoms with Crippen molar-refractivity contribution >= 4 is 0 Å². The van der Waals surface area contributed by atoms with Gasteiger partial charge in [0.05, 0.1) is 24.4 Å². The Kier molecular flexibility index (Phi) is 0.644. The molecule has 0 aromatic rings. The van der Waals surface area contributed by atoms with Crippen molar-refractivity contribution in [2.75, 3.05) is 0 Å². The minimum absolute atomic E-state index is 0.676. The molecule has 0 aromatic heterocycles. The van der Waals surface area contributed by atoms with Crippen LogP contribution in [-0.4, -0.2) is 24.4 Å². The molecule has 0 N–H and O–H groups in total. The van der Waals surface area contributed by atoms with Crippen LogP contribution in [0, 0.1) is 23.7 Å². The Balaban J connectivity index is 1.66. The highest BCUT2D eigenvalue weighted by Gasteiger charge is 2.74. The average Bonchev–Trinajstić information content (AvgIpc) is 2.92. The largest absolute Gasteiger partial charge is 0.369 e. The van der Waals surface area contributed by atoms with Gasteiger partial charge in [-0.3, -0.25) is 0 Å². The zero-order valence-electron chi connectivity index (χ0n) is 6.85. The van der Waals surface area contributed by atoms with Crippen molar-refractivity contribution in [1.29, 1.82) is 0 Å². The van der Waals surface area contributed by atoms with E-state index in [4.69, 9.17) is 9.47 Å². The van der Waals surface area contributed by atoms with Gasteiger partial charge in [-0.15, -0.1) is 0 Å². The highest BCUT2D eigenvalue weighted by Crippen LogP contribution is 2.69. The minimum atomic E-state index is 0.676. The normalized spacial score (nSPS) is 80.0. The molecule has 2 aliphatic heterocycles. The van der Waals surface area contributed by atoms with Crippen LogP contribution in [0.15, 0.2) is 0 Å². The van der Waals surface area contributed by atoms with E-state index in [2.05, 4.69) is 0 Å². The molecule has 2 heteroatoms. The molecule has 2 bridgehead atoms. The summed E-state index contributed by atoms with van der Waals surface area (Å²) < 4.78 is 11.3. The lowest BCUT2D eigenvalue weighted by Gasteiger charge is -2.22. The van der Waals surface area contributed by atoms with Gasteiger partial charge in [0.1, 0.15) is 0 Å². The Morgan fingerprint density at radius 1 is 0.750 bits per heavy atom. The van der Waals surface area contributed by atoms with E-state index in [1.54, 1.807) is 0 Å². The molecule has 0 amide bonds. The van der Waals surface area contributed by atoms with Gasteiger partial charge in [0, 0.05) is 0 Å². The SMILES string of the molecule is C1[C@@H]2[C@H]3C[C@H]4O[C@@H]4[C@@H]3[C@H]1[C@@H]1O[C@H]21. The number of rotatable bonds is 0. The van der Waals surface area contributed by atoms with Crippen LogP contribution >= 0.6 is 0 Å². The van der Waals surface area contributed by atoms with Gasteiger partial charge in [-0.25, -0.2) is 0 Å². The summed E-state index contributed by atoms with van der Waals surface area (Å²) in [6, 6.07) is 0. The quantitative estimate of drug-likeness (QED) is 0.495. The van der Waals surface area contributed by atoms with Gasteiger partial charge in [0.15, 0.2) is 0 Å². The predicted octanol–water partition coefficient (Wildman–Crippen LogP) is 0.807. The molecular formula is C10H12O2. The van der Waals surface area contributed by atoms with E-state index in [1.165, 1.54) is 12.8 Å². The maximum Gasteiger partial charge on any atom is 0.0876 e. The van der Waals surface area contributed by atoms with Crippen LogP contribution in [0.5, 0.6) is 0 Å². The van der Waals surface area contributed by atoms with Crippen LogP contribution in [0.25, 0.3) is 0 Å². The molecule has 2 saturated heterocycles. The second-order valence-electron chi connectivity index (χ2n) is 5.24. The molecule has 5 aliphatic rings. The van der Waals surface area contributed by atoms with E-state index in [0.29, 0.717) is 24.4 Å². The first-order chi connectivity index (χ1) is 5.93. The van der Waals surface area contributed by atoms with Crippen molar-refractivity contribution in [3.8, 4) is 0 Å². The molecule has 0 aromatic carbocycles. The molecule has 2 heterocycles. The zero-order chi connectivity index (χ0) is 7.45.